The predicted octanol–water partition coefficient (Wildman–Crippen LogP) is 1.81. The van der Waals surface area contributed by atoms with Gasteiger partial charge in [-0.1, -0.05) is 24.4 Å². The second kappa shape index (κ2) is 4.75. The van der Waals surface area contributed by atoms with Crippen LogP contribution in [0.5, 0.6) is 0 Å². The van der Waals surface area contributed by atoms with Gasteiger partial charge in [-0.3, -0.25) is 5.32 Å². The van der Waals surface area contributed by atoms with Crippen LogP contribution >= 0.6 is 12.2 Å². The van der Waals surface area contributed by atoms with E-state index in [0.717, 1.165) is 5.56 Å². The highest BCUT2D eigenvalue weighted by atomic mass is 32.1. The SMILES string of the molecule is COC(=O)Nc1cccc(C)c1C(N)=S. The maximum absolute atomic E-state index is 11.0. The van der Waals surface area contributed by atoms with Crippen LogP contribution in [-0.2, 0) is 4.74 Å². The van der Waals surface area contributed by atoms with E-state index in [1.165, 1.54) is 7.11 Å². The maximum atomic E-state index is 11.0. The molecule has 0 unspecified atom stereocenters. The Kier molecular flexibility index (Phi) is 3.62. The molecule has 15 heavy (non-hydrogen) atoms. The molecule has 0 radical (unpaired) electrons. The van der Waals surface area contributed by atoms with Crippen LogP contribution in [0, 0.1) is 6.92 Å². The molecule has 3 N–H and O–H groups in total. The van der Waals surface area contributed by atoms with Gasteiger partial charge in [-0.05, 0) is 18.6 Å². The normalized spacial score (nSPS) is 9.47. The zero-order valence-corrected chi connectivity index (χ0v) is 9.35. The van der Waals surface area contributed by atoms with Crippen LogP contribution < -0.4 is 11.1 Å². The molecule has 0 atom stereocenters. The summed E-state index contributed by atoms with van der Waals surface area (Å²) in [6.07, 6.45) is -0.543. The van der Waals surface area contributed by atoms with Gasteiger partial charge >= 0.3 is 6.09 Å². The van der Waals surface area contributed by atoms with Crippen molar-refractivity contribution in [1.82, 2.24) is 0 Å². The van der Waals surface area contributed by atoms with Crippen LogP contribution in [0.15, 0.2) is 18.2 Å². The number of carbonyl (C=O) groups excluding carboxylic acids is 1. The van der Waals surface area contributed by atoms with E-state index in [1.54, 1.807) is 6.07 Å². The summed E-state index contributed by atoms with van der Waals surface area (Å²) in [6.45, 7) is 1.87. The van der Waals surface area contributed by atoms with Crippen LogP contribution in [0.4, 0.5) is 10.5 Å². The lowest BCUT2D eigenvalue weighted by Crippen LogP contribution is -2.18. The fourth-order valence-corrected chi connectivity index (χ4v) is 1.53. The molecule has 1 aromatic carbocycles. The van der Waals surface area contributed by atoms with E-state index in [0.29, 0.717) is 11.3 Å². The monoisotopic (exact) mass is 224 g/mol. The third-order valence-corrected chi connectivity index (χ3v) is 2.15. The summed E-state index contributed by atoms with van der Waals surface area (Å²) in [4.78, 5) is 11.3. The molecule has 5 heteroatoms. The molecule has 0 aliphatic rings. The van der Waals surface area contributed by atoms with Crippen molar-refractivity contribution in [2.45, 2.75) is 6.92 Å². The highest BCUT2D eigenvalue weighted by Gasteiger charge is 2.10. The van der Waals surface area contributed by atoms with Crippen molar-refractivity contribution in [1.29, 1.82) is 0 Å². The topological polar surface area (TPSA) is 64.3 Å². The predicted molar refractivity (Wildman–Crippen MR) is 63.1 cm³/mol. The van der Waals surface area contributed by atoms with E-state index in [2.05, 4.69) is 10.1 Å². The number of carbonyl (C=O) groups is 1. The van der Waals surface area contributed by atoms with Crippen molar-refractivity contribution in [3.05, 3.63) is 29.3 Å². The summed E-state index contributed by atoms with van der Waals surface area (Å²) in [6, 6.07) is 5.40. The highest BCUT2D eigenvalue weighted by Crippen LogP contribution is 2.19. The zero-order valence-electron chi connectivity index (χ0n) is 8.53. The molecule has 0 heterocycles. The molecule has 1 rings (SSSR count). The summed E-state index contributed by atoms with van der Waals surface area (Å²) in [5.74, 6) is 0. The molecule has 1 amide bonds. The van der Waals surface area contributed by atoms with Gasteiger partial charge in [0.25, 0.3) is 0 Å². The van der Waals surface area contributed by atoms with E-state index in [9.17, 15) is 4.79 Å². The average Bonchev–Trinajstić information content (AvgIpc) is 2.17. The Morgan fingerprint density at radius 3 is 2.73 bits per heavy atom. The molecule has 1 aromatic rings. The molecule has 0 saturated heterocycles. The van der Waals surface area contributed by atoms with E-state index < -0.39 is 6.09 Å². The van der Waals surface area contributed by atoms with Crippen molar-refractivity contribution in [2.24, 2.45) is 5.73 Å². The lowest BCUT2D eigenvalue weighted by atomic mass is 10.1. The molecule has 0 saturated carbocycles. The van der Waals surface area contributed by atoms with Crippen LogP contribution in [0.3, 0.4) is 0 Å². The van der Waals surface area contributed by atoms with Crippen molar-refractivity contribution in [3.63, 3.8) is 0 Å². The first-order valence-corrected chi connectivity index (χ1v) is 4.71. The summed E-state index contributed by atoms with van der Waals surface area (Å²) < 4.78 is 4.49. The van der Waals surface area contributed by atoms with Gasteiger partial charge in [-0.25, -0.2) is 4.79 Å². The molecule has 0 bridgehead atoms. The number of hydrogen-bond acceptors (Lipinski definition) is 3. The minimum atomic E-state index is -0.543. The molecule has 0 aliphatic heterocycles. The Balaban J connectivity index is 3.11. The summed E-state index contributed by atoms with van der Waals surface area (Å²) >= 11 is 4.91. The van der Waals surface area contributed by atoms with Crippen LogP contribution in [0.1, 0.15) is 11.1 Å². The fourth-order valence-electron chi connectivity index (χ4n) is 1.26. The smallest absolute Gasteiger partial charge is 0.411 e. The van der Waals surface area contributed by atoms with Gasteiger partial charge in [0.2, 0.25) is 0 Å². The third kappa shape index (κ3) is 2.66. The van der Waals surface area contributed by atoms with E-state index in [4.69, 9.17) is 18.0 Å². The summed E-state index contributed by atoms with van der Waals surface area (Å²) in [5, 5.41) is 2.55. The third-order valence-electron chi connectivity index (χ3n) is 1.94. The largest absolute Gasteiger partial charge is 0.453 e. The quantitative estimate of drug-likeness (QED) is 0.752. The Hall–Kier alpha value is -1.62. The van der Waals surface area contributed by atoms with Crippen molar-refractivity contribution in [2.75, 3.05) is 12.4 Å². The van der Waals surface area contributed by atoms with E-state index >= 15 is 0 Å². The van der Waals surface area contributed by atoms with Gasteiger partial charge in [-0.15, -0.1) is 0 Å². The number of methoxy groups -OCH3 is 1. The average molecular weight is 224 g/mol. The molecule has 0 aliphatic carbocycles. The van der Waals surface area contributed by atoms with Gasteiger partial charge in [-0.2, -0.15) is 0 Å². The number of benzene rings is 1. The van der Waals surface area contributed by atoms with Crippen LogP contribution in [0.25, 0.3) is 0 Å². The standard InChI is InChI=1S/C10H12N2O2S/c1-6-4-3-5-7(8(6)9(11)15)12-10(13)14-2/h3-5H,1-2H3,(H2,11,15)(H,12,13). The Bertz CT molecular complexity index is 404. The van der Waals surface area contributed by atoms with Gasteiger partial charge < -0.3 is 10.5 Å². The first-order chi connectivity index (χ1) is 7.06. The number of nitrogens with two attached hydrogens (primary N) is 1. The second-order valence-electron chi connectivity index (χ2n) is 2.98. The number of nitrogens with one attached hydrogen (secondary N) is 1. The van der Waals surface area contributed by atoms with Gasteiger partial charge in [0.15, 0.2) is 0 Å². The number of hydrogen-bond donors (Lipinski definition) is 2. The Morgan fingerprint density at radius 2 is 2.20 bits per heavy atom. The van der Waals surface area contributed by atoms with E-state index in [-0.39, 0.29) is 4.99 Å². The van der Waals surface area contributed by atoms with Crippen LogP contribution in [0.2, 0.25) is 0 Å². The maximum Gasteiger partial charge on any atom is 0.411 e. The molecular weight excluding hydrogens is 212 g/mol. The van der Waals surface area contributed by atoms with Crippen LogP contribution in [-0.4, -0.2) is 18.2 Å². The number of anilines is 1. The fraction of sp³-hybridized carbons (Fsp3) is 0.200. The molecule has 0 fully saturated rings. The molecule has 0 spiro atoms. The molecular formula is C10H12N2O2S. The summed E-state index contributed by atoms with van der Waals surface area (Å²) in [7, 11) is 1.30. The first kappa shape index (κ1) is 11.5. The Morgan fingerprint density at radius 1 is 1.53 bits per heavy atom. The molecule has 80 valence electrons. The number of aryl methyl sites for hydroxylation is 1. The molecule has 0 aromatic heterocycles. The van der Waals surface area contributed by atoms with Gasteiger partial charge in [0.1, 0.15) is 4.99 Å². The summed E-state index contributed by atoms with van der Waals surface area (Å²) in [5.41, 5.74) is 7.71. The van der Waals surface area contributed by atoms with Crippen molar-refractivity contribution in [3.8, 4) is 0 Å². The second-order valence-corrected chi connectivity index (χ2v) is 3.42. The first-order valence-electron chi connectivity index (χ1n) is 4.30. The highest BCUT2D eigenvalue weighted by molar-refractivity contribution is 7.80. The van der Waals surface area contributed by atoms with Gasteiger partial charge in [0, 0.05) is 5.56 Å². The lowest BCUT2D eigenvalue weighted by molar-refractivity contribution is 0.187. The Labute approximate surface area is 93.4 Å². The minimum Gasteiger partial charge on any atom is -0.453 e. The van der Waals surface area contributed by atoms with Gasteiger partial charge in [0.05, 0.1) is 12.8 Å². The lowest BCUT2D eigenvalue weighted by Gasteiger charge is -2.11. The van der Waals surface area contributed by atoms with Crippen molar-refractivity contribution < 1.29 is 9.53 Å². The number of amides is 1. The van der Waals surface area contributed by atoms with E-state index in [1.807, 2.05) is 19.1 Å². The number of thiocarbonyl (C=S) groups is 1. The van der Waals surface area contributed by atoms with Crippen molar-refractivity contribution >= 4 is 29.0 Å². The zero-order chi connectivity index (χ0) is 11.4. The minimum absolute atomic E-state index is 0.250. The molecule has 4 nitrogen and oxygen atoms in total. The number of ether oxygens (including phenoxy) is 1. The number of rotatable bonds is 2.